The molecule has 0 saturated carbocycles. The van der Waals surface area contributed by atoms with Crippen molar-refractivity contribution in [1.29, 1.82) is 0 Å². The molecule has 2 fully saturated rings. The van der Waals surface area contributed by atoms with E-state index in [2.05, 4.69) is 49.7 Å². The van der Waals surface area contributed by atoms with Crippen molar-refractivity contribution in [2.45, 2.75) is 31.7 Å². The lowest BCUT2D eigenvalue weighted by molar-refractivity contribution is 0.0951. The Morgan fingerprint density at radius 2 is 1.93 bits per heavy atom. The normalized spacial score (nSPS) is 20.1. The van der Waals surface area contributed by atoms with Crippen molar-refractivity contribution in [2.24, 2.45) is 0 Å². The fraction of sp³-hybridized carbons (Fsp3) is 0.500. The summed E-state index contributed by atoms with van der Waals surface area (Å²) in [5.41, 5.74) is 1.97. The third-order valence-corrected chi connectivity index (χ3v) is 6.09. The van der Waals surface area contributed by atoms with Gasteiger partial charge in [-0.25, -0.2) is 4.98 Å². The number of amides is 1. The van der Waals surface area contributed by atoms with Gasteiger partial charge in [0, 0.05) is 44.0 Å². The fourth-order valence-electron chi connectivity index (χ4n) is 4.39. The van der Waals surface area contributed by atoms with Gasteiger partial charge in [-0.15, -0.1) is 0 Å². The van der Waals surface area contributed by atoms with Crippen molar-refractivity contribution in [2.75, 3.05) is 50.7 Å². The van der Waals surface area contributed by atoms with Gasteiger partial charge in [0.15, 0.2) is 0 Å². The van der Waals surface area contributed by atoms with E-state index in [0.29, 0.717) is 5.56 Å². The van der Waals surface area contributed by atoms with Crippen LogP contribution < -0.4 is 15.5 Å². The Balaban J connectivity index is 1.30. The lowest BCUT2D eigenvalue weighted by Gasteiger charge is -2.34. The van der Waals surface area contributed by atoms with Crippen LogP contribution in [0.3, 0.4) is 0 Å². The molecule has 0 spiro atoms. The monoisotopic (exact) mass is 407 g/mol. The number of aromatic nitrogens is 1. The van der Waals surface area contributed by atoms with Crippen LogP contribution >= 0.6 is 0 Å². The maximum absolute atomic E-state index is 12.6. The third-order valence-electron chi connectivity index (χ3n) is 6.09. The molecule has 0 radical (unpaired) electrons. The van der Waals surface area contributed by atoms with Crippen LogP contribution in [-0.2, 0) is 0 Å². The van der Waals surface area contributed by atoms with E-state index in [1.165, 1.54) is 37.9 Å². The average Bonchev–Trinajstić information content (AvgIpc) is 2.83. The molecule has 2 N–H and O–H groups in total. The molecular weight excluding hydrogens is 374 g/mol. The molecule has 1 aromatic heterocycles. The van der Waals surface area contributed by atoms with E-state index in [9.17, 15) is 4.79 Å². The molecule has 3 heterocycles. The van der Waals surface area contributed by atoms with Gasteiger partial charge in [0.1, 0.15) is 5.82 Å². The Hall–Kier alpha value is -2.44. The minimum absolute atomic E-state index is 0.00737. The highest BCUT2D eigenvalue weighted by molar-refractivity contribution is 5.94. The fourth-order valence-corrected chi connectivity index (χ4v) is 4.39. The molecule has 1 atom stereocenters. The third kappa shape index (κ3) is 5.58. The summed E-state index contributed by atoms with van der Waals surface area (Å²) in [5.74, 6) is 0.866. The second-order valence-corrected chi connectivity index (χ2v) is 8.28. The summed E-state index contributed by atoms with van der Waals surface area (Å²) >= 11 is 0. The second kappa shape index (κ2) is 10.5. The Morgan fingerprint density at radius 3 is 2.77 bits per heavy atom. The maximum Gasteiger partial charge on any atom is 0.251 e. The zero-order chi connectivity index (χ0) is 20.6. The molecule has 2 aliphatic heterocycles. The van der Waals surface area contributed by atoms with Gasteiger partial charge >= 0.3 is 0 Å². The lowest BCUT2D eigenvalue weighted by atomic mass is 10.0. The largest absolute Gasteiger partial charge is 0.353 e. The summed E-state index contributed by atoms with van der Waals surface area (Å²) in [7, 11) is 0. The lowest BCUT2D eigenvalue weighted by Crippen LogP contribution is -2.46. The predicted octanol–water partition coefficient (Wildman–Crippen LogP) is 2.84. The summed E-state index contributed by atoms with van der Waals surface area (Å²) in [6.07, 6.45) is 6.72. The molecule has 2 saturated heterocycles. The summed E-state index contributed by atoms with van der Waals surface area (Å²) in [4.78, 5) is 21.9. The van der Waals surface area contributed by atoms with Crippen LogP contribution in [0, 0.1) is 0 Å². The number of hydrogen-bond donors (Lipinski definition) is 2. The van der Waals surface area contributed by atoms with Crippen LogP contribution in [0.2, 0.25) is 0 Å². The smallest absolute Gasteiger partial charge is 0.251 e. The van der Waals surface area contributed by atoms with Crippen molar-refractivity contribution in [1.82, 2.24) is 20.5 Å². The minimum Gasteiger partial charge on any atom is -0.353 e. The van der Waals surface area contributed by atoms with E-state index >= 15 is 0 Å². The number of rotatable bonds is 7. The van der Waals surface area contributed by atoms with Gasteiger partial charge in [-0.05, 0) is 56.6 Å². The molecule has 6 heteroatoms. The molecule has 2 aliphatic rings. The number of likely N-dealkylation sites (tertiary alicyclic amines) is 1. The zero-order valence-corrected chi connectivity index (χ0v) is 17.7. The van der Waals surface area contributed by atoms with E-state index in [1.54, 1.807) is 12.3 Å². The first-order valence-electron chi connectivity index (χ1n) is 11.3. The van der Waals surface area contributed by atoms with Crippen molar-refractivity contribution in [3.05, 3.63) is 59.8 Å². The molecule has 0 bridgehead atoms. The Morgan fingerprint density at radius 1 is 1.10 bits per heavy atom. The highest BCUT2D eigenvalue weighted by Gasteiger charge is 2.22. The summed E-state index contributed by atoms with van der Waals surface area (Å²) in [6, 6.07) is 14.5. The summed E-state index contributed by atoms with van der Waals surface area (Å²) in [5, 5.41) is 6.66. The van der Waals surface area contributed by atoms with Gasteiger partial charge in [0.05, 0.1) is 0 Å². The number of carbonyl (C=O) groups is 1. The second-order valence-electron chi connectivity index (χ2n) is 8.28. The molecular formula is C24H33N5O. The molecule has 30 heavy (non-hydrogen) atoms. The molecule has 1 aromatic carbocycles. The van der Waals surface area contributed by atoms with Crippen LogP contribution in [0.4, 0.5) is 5.82 Å². The Bertz CT molecular complexity index is 806. The van der Waals surface area contributed by atoms with Crippen LogP contribution in [0.25, 0.3) is 0 Å². The average molecular weight is 408 g/mol. The quantitative estimate of drug-likeness (QED) is 0.691. The SMILES string of the molecule is O=C(NCCCN1CCCCC1)c1ccnc(N2CCN[C@H](c3ccccc3)C2)c1. The maximum atomic E-state index is 12.6. The Labute approximate surface area is 179 Å². The number of piperidine rings is 1. The van der Waals surface area contributed by atoms with E-state index in [0.717, 1.165) is 45.0 Å². The Kier molecular flexibility index (Phi) is 7.32. The molecule has 0 aliphatic carbocycles. The molecule has 1 amide bonds. The molecule has 0 unspecified atom stereocenters. The standard InChI is InChI=1S/C24H33N5O/c30-24(27-11-7-16-28-14-5-2-6-15-28)21-10-12-26-23(18-21)29-17-13-25-22(19-29)20-8-3-1-4-9-20/h1,3-4,8-10,12,18,22,25H,2,5-7,11,13-17,19H2,(H,27,30)/t22-/m0/s1. The van der Waals surface area contributed by atoms with Crippen molar-refractivity contribution in [3.63, 3.8) is 0 Å². The zero-order valence-electron chi connectivity index (χ0n) is 17.7. The molecule has 4 rings (SSSR count). The first kappa shape index (κ1) is 20.8. The van der Waals surface area contributed by atoms with Crippen LogP contribution in [0.5, 0.6) is 0 Å². The number of hydrogen-bond acceptors (Lipinski definition) is 5. The van der Waals surface area contributed by atoms with Crippen LogP contribution in [0.15, 0.2) is 48.7 Å². The van der Waals surface area contributed by atoms with Gasteiger partial charge in [0.25, 0.3) is 5.91 Å². The number of pyridine rings is 1. The number of nitrogens with zero attached hydrogens (tertiary/aromatic N) is 3. The van der Waals surface area contributed by atoms with Gasteiger partial charge < -0.3 is 20.4 Å². The van der Waals surface area contributed by atoms with Gasteiger partial charge in [-0.3, -0.25) is 4.79 Å². The van der Waals surface area contributed by atoms with E-state index in [-0.39, 0.29) is 11.9 Å². The first-order valence-corrected chi connectivity index (χ1v) is 11.3. The summed E-state index contributed by atoms with van der Waals surface area (Å²) < 4.78 is 0. The molecule has 6 nitrogen and oxygen atoms in total. The molecule has 160 valence electrons. The number of benzene rings is 1. The minimum atomic E-state index is -0.00737. The molecule has 2 aromatic rings. The number of piperazine rings is 1. The van der Waals surface area contributed by atoms with E-state index in [1.807, 2.05) is 12.1 Å². The van der Waals surface area contributed by atoms with E-state index in [4.69, 9.17) is 0 Å². The first-order chi connectivity index (χ1) is 14.8. The van der Waals surface area contributed by atoms with Gasteiger partial charge in [-0.1, -0.05) is 36.8 Å². The van der Waals surface area contributed by atoms with Gasteiger partial charge in [-0.2, -0.15) is 0 Å². The van der Waals surface area contributed by atoms with Crippen LogP contribution in [0.1, 0.15) is 47.6 Å². The predicted molar refractivity (Wildman–Crippen MR) is 121 cm³/mol. The van der Waals surface area contributed by atoms with Crippen LogP contribution in [-0.4, -0.2) is 61.6 Å². The number of nitrogens with one attached hydrogen (secondary N) is 2. The van der Waals surface area contributed by atoms with Crippen molar-refractivity contribution in [3.8, 4) is 0 Å². The highest BCUT2D eigenvalue weighted by atomic mass is 16.1. The summed E-state index contributed by atoms with van der Waals surface area (Å²) in [6.45, 7) is 6.83. The number of carbonyl (C=O) groups excluding carboxylic acids is 1. The highest BCUT2D eigenvalue weighted by Crippen LogP contribution is 2.21. The van der Waals surface area contributed by atoms with Gasteiger partial charge in [0.2, 0.25) is 0 Å². The number of anilines is 1. The van der Waals surface area contributed by atoms with Crippen molar-refractivity contribution >= 4 is 11.7 Å². The topological polar surface area (TPSA) is 60.5 Å². The van der Waals surface area contributed by atoms with E-state index < -0.39 is 0 Å². The van der Waals surface area contributed by atoms with Crippen molar-refractivity contribution < 1.29 is 4.79 Å².